The molecule has 6 heteroatoms. The monoisotopic (exact) mass is 350 g/mol. The Morgan fingerprint density at radius 2 is 2.00 bits per heavy atom. The van der Waals surface area contributed by atoms with E-state index in [-0.39, 0.29) is 0 Å². The first-order valence-corrected chi connectivity index (χ1v) is 8.69. The number of hydrogen-bond acceptors (Lipinski definition) is 5. The van der Waals surface area contributed by atoms with Crippen LogP contribution in [0.3, 0.4) is 0 Å². The number of rotatable bonds is 5. The number of aromatic nitrogens is 3. The summed E-state index contributed by atoms with van der Waals surface area (Å²) in [5, 5.41) is 8.29. The van der Waals surface area contributed by atoms with Gasteiger partial charge in [-0.3, -0.25) is 9.30 Å². The largest absolute Gasteiger partial charge is 0.493 e. The van der Waals surface area contributed by atoms with Crippen molar-refractivity contribution in [2.24, 2.45) is 0 Å². The zero-order valence-corrected chi connectivity index (χ0v) is 15.1. The van der Waals surface area contributed by atoms with Gasteiger partial charge in [-0.05, 0) is 41.8 Å². The van der Waals surface area contributed by atoms with Crippen LogP contribution in [0.5, 0.6) is 11.5 Å². The van der Waals surface area contributed by atoms with E-state index in [4.69, 9.17) is 9.47 Å². The summed E-state index contributed by atoms with van der Waals surface area (Å²) in [4.78, 5) is 2.44. The Kier molecular flexibility index (Phi) is 4.58. The highest BCUT2D eigenvalue weighted by Crippen LogP contribution is 2.29. The van der Waals surface area contributed by atoms with Gasteiger partial charge in [0.1, 0.15) is 6.33 Å². The lowest BCUT2D eigenvalue weighted by Crippen LogP contribution is -2.29. The molecule has 0 amide bonds. The molecule has 0 saturated heterocycles. The molecule has 4 rings (SSSR count). The van der Waals surface area contributed by atoms with Crippen molar-refractivity contribution in [3.8, 4) is 11.5 Å². The van der Waals surface area contributed by atoms with E-state index in [1.54, 1.807) is 20.5 Å². The van der Waals surface area contributed by atoms with Gasteiger partial charge in [0.05, 0.1) is 14.2 Å². The molecule has 0 N–H and O–H groups in total. The first kappa shape index (κ1) is 16.6. The van der Waals surface area contributed by atoms with Gasteiger partial charge >= 0.3 is 0 Å². The summed E-state index contributed by atoms with van der Waals surface area (Å²) in [6.45, 7) is 2.79. The van der Waals surface area contributed by atoms with E-state index in [9.17, 15) is 0 Å². The number of fused-ring (bicyclic) bond motifs is 1. The number of nitrogens with zero attached hydrogens (tertiary/aromatic N) is 4. The zero-order chi connectivity index (χ0) is 17.9. The van der Waals surface area contributed by atoms with Crippen molar-refractivity contribution < 1.29 is 9.47 Å². The Bertz CT molecular complexity index is 948. The molecule has 3 aromatic rings. The second-order valence-electron chi connectivity index (χ2n) is 6.40. The second-order valence-corrected chi connectivity index (χ2v) is 6.40. The predicted octanol–water partition coefficient (Wildman–Crippen LogP) is 3.04. The first-order valence-electron chi connectivity index (χ1n) is 8.69. The maximum absolute atomic E-state index is 5.42. The van der Waals surface area contributed by atoms with Gasteiger partial charge in [0.25, 0.3) is 0 Å². The van der Waals surface area contributed by atoms with E-state index < -0.39 is 0 Å². The molecule has 26 heavy (non-hydrogen) atoms. The van der Waals surface area contributed by atoms with Crippen molar-refractivity contribution in [1.82, 2.24) is 19.5 Å². The Balaban J connectivity index is 1.54. The number of methoxy groups -OCH3 is 2. The van der Waals surface area contributed by atoms with Gasteiger partial charge in [-0.15, -0.1) is 10.2 Å². The van der Waals surface area contributed by atoms with Crippen molar-refractivity contribution in [2.75, 3.05) is 27.3 Å². The van der Waals surface area contributed by atoms with Crippen molar-refractivity contribution in [3.05, 3.63) is 60.1 Å². The maximum atomic E-state index is 5.42. The second kappa shape index (κ2) is 7.17. The van der Waals surface area contributed by atoms with Crippen LogP contribution >= 0.6 is 0 Å². The SMILES string of the molecule is COc1ccc(CN2CCC=C(c3cccn4cnnc34)C2)cc1OC. The van der Waals surface area contributed by atoms with Crippen LogP contribution in [0.1, 0.15) is 17.5 Å². The summed E-state index contributed by atoms with van der Waals surface area (Å²) in [6, 6.07) is 10.3. The third-order valence-corrected chi connectivity index (χ3v) is 4.75. The highest BCUT2D eigenvalue weighted by atomic mass is 16.5. The van der Waals surface area contributed by atoms with Crippen LogP contribution in [0.15, 0.2) is 48.9 Å². The molecule has 0 aliphatic carbocycles. The van der Waals surface area contributed by atoms with E-state index in [0.717, 1.165) is 48.8 Å². The van der Waals surface area contributed by atoms with E-state index in [1.165, 1.54) is 11.1 Å². The maximum Gasteiger partial charge on any atom is 0.168 e. The molecular weight excluding hydrogens is 328 g/mol. The van der Waals surface area contributed by atoms with Crippen LogP contribution in [-0.2, 0) is 6.54 Å². The molecule has 1 aliphatic heterocycles. The topological polar surface area (TPSA) is 51.9 Å². The molecule has 0 atom stereocenters. The highest BCUT2D eigenvalue weighted by molar-refractivity contribution is 5.77. The van der Waals surface area contributed by atoms with Gasteiger partial charge in [0, 0.05) is 31.4 Å². The molecule has 0 bridgehead atoms. The summed E-state index contributed by atoms with van der Waals surface area (Å²) in [5.41, 5.74) is 4.58. The van der Waals surface area contributed by atoms with E-state index in [1.807, 2.05) is 22.7 Å². The lowest BCUT2D eigenvalue weighted by Gasteiger charge is -2.27. The minimum Gasteiger partial charge on any atom is -0.493 e. The molecule has 0 spiro atoms. The van der Waals surface area contributed by atoms with E-state index in [2.05, 4.69) is 39.4 Å². The predicted molar refractivity (Wildman–Crippen MR) is 100 cm³/mol. The Morgan fingerprint density at radius 1 is 1.12 bits per heavy atom. The highest BCUT2D eigenvalue weighted by Gasteiger charge is 2.17. The quantitative estimate of drug-likeness (QED) is 0.708. The van der Waals surface area contributed by atoms with Gasteiger partial charge in [0.15, 0.2) is 17.1 Å². The average Bonchev–Trinajstić information content (AvgIpc) is 3.17. The molecule has 0 saturated carbocycles. The van der Waals surface area contributed by atoms with Gasteiger partial charge in [0.2, 0.25) is 0 Å². The van der Waals surface area contributed by atoms with Crippen molar-refractivity contribution in [1.29, 1.82) is 0 Å². The van der Waals surface area contributed by atoms with Crippen LogP contribution < -0.4 is 9.47 Å². The zero-order valence-electron chi connectivity index (χ0n) is 15.1. The summed E-state index contributed by atoms with van der Waals surface area (Å²) in [7, 11) is 3.33. The minimum atomic E-state index is 0.758. The van der Waals surface area contributed by atoms with Crippen molar-refractivity contribution in [2.45, 2.75) is 13.0 Å². The normalized spacial score (nSPS) is 15.1. The molecule has 0 unspecified atom stereocenters. The first-order chi connectivity index (χ1) is 12.8. The molecule has 1 aromatic carbocycles. The Labute approximate surface area is 152 Å². The number of hydrogen-bond donors (Lipinski definition) is 0. The summed E-state index contributed by atoms with van der Waals surface area (Å²) < 4.78 is 12.7. The lowest BCUT2D eigenvalue weighted by atomic mass is 10.0. The molecule has 3 heterocycles. The van der Waals surface area contributed by atoms with Crippen LogP contribution in [0.2, 0.25) is 0 Å². The van der Waals surface area contributed by atoms with Crippen LogP contribution in [0.4, 0.5) is 0 Å². The number of pyridine rings is 1. The van der Waals surface area contributed by atoms with Gasteiger partial charge in [-0.25, -0.2) is 0 Å². The third-order valence-electron chi connectivity index (χ3n) is 4.75. The van der Waals surface area contributed by atoms with Crippen molar-refractivity contribution in [3.63, 3.8) is 0 Å². The van der Waals surface area contributed by atoms with Gasteiger partial charge in [-0.1, -0.05) is 12.1 Å². The molecule has 0 radical (unpaired) electrons. The van der Waals surface area contributed by atoms with Crippen LogP contribution in [-0.4, -0.2) is 46.8 Å². The van der Waals surface area contributed by atoms with Crippen LogP contribution in [0.25, 0.3) is 11.2 Å². The molecule has 1 aliphatic rings. The minimum absolute atomic E-state index is 0.758. The smallest absolute Gasteiger partial charge is 0.168 e. The fraction of sp³-hybridized carbons (Fsp3) is 0.300. The average molecular weight is 350 g/mol. The van der Waals surface area contributed by atoms with Crippen molar-refractivity contribution >= 4 is 11.2 Å². The van der Waals surface area contributed by atoms with E-state index >= 15 is 0 Å². The lowest BCUT2D eigenvalue weighted by molar-refractivity contribution is 0.295. The fourth-order valence-electron chi connectivity index (χ4n) is 3.47. The van der Waals surface area contributed by atoms with Gasteiger partial charge in [-0.2, -0.15) is 0 Å². The van der Waals surface area contributed by atoms with Crippen LogP contribution in [0, 0.1) is 0 Å². The van der Waals surface area contributed by atoms with Gasteiger partial charge < -0.3 is 9.47 Å². The molecule has 2 aromatic heterocycles. The third kappa shape index (κ3) is 3.15. The number of ether oxygens (including phenoxy) is 2. The summed E-state index contributed by atoms with van der Waals surface area (Å²) in [6.07, 6.45) is 7.06. The Hall–Kier alpha value is -2.86. The number of benzene rings is 1. The molecule has 0 fully saturated rings. The fourth-order valence-corrected chi connectivity index (χ4v) is 3.47. The molecular formula is C20H22N4O2. The standard InChI is InChI=1S/C20H22N4O2/c1-25-18-8-7-15(11-19(18)26-2)12-23-9-3-5-16(13-23)17-6-4-10-24-14-21-22-20(17)24/h4-8,10-11,14H,3,9,12-13H2,1-2H3. The molecule has 6 nitrogen and oxygen atoms in total. The molecule has 134 valence electrons. The summed E-state index contributed by atoms with van der Waals surface area (Å²) >= 11 is 0. The van der Waals surface area contributed by atoms with E-state index in [0.29, 0.717) is 0 Å². The summed E-state index contributed by atoms with van der Waals surface area (Å²) in [5.74, 6) is 1.53. The Morgan fingerprint density at radius 3 is 2.85 bits per heavy atom.